The molecular weight excluding hydrogens is 356 g/mol. The average molecular weight is 370 g/mol. The molecular formula is C16H14BrClO3. The molecule has 0 aromatic heterocycles. The van der Waals surface area contributed by atoms with E-state index in [1.807, 2.05) is 6.92 Å². The second kappa shape index (κ2) is 6.50. The highest BCUT2D eigenvalue weighted by molar-refractivity contribution is 9.10. The third-order valence-corrected chi connectivity index (χ3v) is 4.04. The zero-order valence-electron chi connectivity index (χ0n) is 11.9. The largest absolute Gasteiger partial charge is 0.493 e. The van der Waals surface area contributed by atoms with E-state index >= 15 is 0 Å². The molecule has 0 radical (unpaired) electrons. The number of halogens is 2. The fraction of sp³-hybridized carbons (Fsp3) is 0.188. The summed E-state index contributed by atoms with van der Waals surface area (Å²) >= 11 is 9.33. The van der Waals surface area contributed by atoms with E-state index in [-0.39, 0.29) is 5.78 Å². The second-order valence-electron chi connectivity index (χ2n) is 4.48. The Morgan fingerprint density at radius 1 is 1.05 bits per heavy atom. The standard InChI is InChI=1S/C16H14BrClO3/c1-9-6-10(18)4-5-11(9)16(19)12-7-14(20-2)15(21-3)8-13(12)17/h4-8H,1-3H3. The van der Waals surface area contributed by atoms with Crippen LogP contribution in [-0.4, -0.2) is 20.0 Å². The van der Waals surface area contributed by atoms with Crippen LogP contribution in [0.25, 0.3) is 0 Å². The Bertz CT molecular complexity index is 698. The molecule has 2 aromatic carbocycles. The van der Waals surface area contributed by atoms with E-state index in [4.69, 9.17) is 21.1 Å². The highest BCUT2D eigenvalue weighted by atomic mass is 79.9. The van der Waals surface area contributed by atoms with Crippen molar-refractivity contribution in [1.29, 1.82) is 0 Å². The predicted octanol–water partition coefficient (Wildman–Crippen LogP) is 4.66. The molecule has 0 aliphatic carbocycles. The molecule has 21 heavy (non-hydrogen) atoms. The molecule has 0 unspecified atom stereocenters. The van der Waals surface area contributed by atoms with Gasteiger partial charge in [0.2, 0.25) is 0 Å². The molecule has 0 heterocycles. The van der Waals surface area contributed by atoms with Gasteiger partial charge in [0.15, 0.2) is 17.3 Å². The number of aryl methyl sites for hydroxylation is 1. The molecule has 3 nitrogen and oxygen atoms in total. The van der Waals surface area contributed by atoms with Crippen LogP contribution in [0.5, 0.6) is 11.5 Å². The van der Waals surface area contributed by atoms with E-state index in [0.29, 0.717) is 32.1 Å². The number of hydrogen-bond acceptors (Lipinski definition) is 3. The number of benzene rings is 2. The molecule has 0 saturated heterocycles. The lowest BCUT2D eigenvalue weighted by Crippen LogP contribution is -2.05. The Morgan fingerprint density at radius 3 is 2.24 bits per heavy atom. The van der Waals surface area contributed by atoms with Crippen LogP contribution in [0.15, 0.2) is 34.8 Å². The summed E-state index contributed by atoms with van der Waals surface area (Å²) in [5, 5.41) is 0.607. The maximum absolute atomic E-state index is 12.7. The van der Waals surface area contributed by atoms with Gasteiger partial charge in [-0.1, -0.05) is 11.6 Å². The van der Waals surface area contributed by atoms with Crippen molar-refractivity contribution in [2.75, 3.05) is 14.2 Å². The van der Waals surface area contributed by atoms with Crippen molar-refractivity contribution in [3.05, 3.63) is 56.5 Å². The summed E-state index contributed by atoms with van der Waals surface area (Å²) in [7, 11) is 3.09. The molecule has 0 N–H and O–H groups in total. The third-order valence-electron chi connectivity index (χ3n) is 3.15. The van der Waals surface area contributed by atoms with Gasteiger partial charge in [-0.15, -0.1) is 0 Å². The first-order chi connectivity index (χ1) is 9.97. The van der Waals surface area contributed by atoms with Crippen molar-refractivity contribution >= 4 is 33.3 Å². The van der Waals surface area contributed by atoms with Crippen molar-refractivity contribution in [3.63, 3.8) is 0 Å². The van der Waals surface area contributed by atoms with Gasteiger partial charge in [0, 0.05) is 20.6 Å². The molecule has 5 heteroatoms. The van der Waals surface area contributed by atoms with Crippen molar-refractivity contribution in [3.8, 4) is 11.5 Å². The monoisotopic (exact) mass is 368 g/mol. The van der Waals surface area contributed by atoms with Gasteiger partial charge in [-0.25, -0.2) is 0 Å². The minimum atomic E-state index is -0.100. The number of rotatable bonds is 4. The minimum absolute atomic E-state index is 0.100. The molecule has 0 saturated carbocycles. The molecule has 0 bridgehead atoms. The summed E-state index contributed by atoms with van der Waals surface area (Å²) in [6, 6.07) is 8.58. The first kappa shape index (κ1) is 15.9. The van der Waals surface area contributed by atoms with E-state index in [1.54, 1.807) is 37.4 Å². The van der Waals surface area contributed by atoms with Gasteiger partial charge in [-0.2, -0.15) is 0 Å². The Balaban J connectivity index is 2.53. The first-order valence-corrected chi connectivity index (χ1v) is 7.37. The maximum atomic E-state index is 12.7. The van der Waals surface area contributed by atoms with Gasteiger partial charge in [0.05, 0.1) is 14.2 Å². The summed E-state index contributed by atoms with van der Waals surface area (Å²) in [6.07, 6.45) is 0. The Labute approximate surface area is 137 Å². The predicted molar refractivity (Wildman–Crippen MR) is 86.9 cm³/mol. The summed E-state index contributed by atoms with van der Waals surface area (Å²) in [5.74, 6) is 0.974. The van der Waals surface area contributed by atoms with Gasteiger partial charge < -0.3 is 9.47 Å². The Kier molecular flexibility index (Phi) is 4.91. The summed E-state index contributed by atoms with van der Waals surface area (Å²) in [4.78, 5) is 12.7. The second-order valence-corrected chi connectivity index (χ2v) is 5.77. The fourth-order valence-corrected chi connectivity index (χ4v) is 2.78. The number of hydrogen-bond donors (Lipinski definition) is 0. The van der Waals surface area contributed by atoms with E-state index in [2.05, 4.69) is 15.9 Å². The lowest BCUT2D eigenvalue weighted by molar-refractivity contribution is 0.103. The van der Waals surface area contributed by atoms with E-state index in [9.17, 15) is 4.79 Å². The minimum Gasteiger partial charge on any atom is -0.493 e. The SMILES string of the molecule is COc1cc(Br)c(C(=O)c2ccc(Cl)cc2C)cc1OC. The smallest absolute Gasteiger partial charge is 0.194 e. The van der Waals surface area contributed by atoms with Crippen molar-refractivity contribution in [2.45, 2.75) is 6.92 Å². The highest BCUT2D eigenvalue weighted by Crippen LogP contribution is 2.34. The van der Waals surface area contributed by atoms with Crippen LogP contribution in [-0.2, 0) is 0 Å². The summed E-state index contributed by atoms with van der Waals surface area (Å²) < 4.78 is 11.1. The number of carbonyl (C=O) groups is 1. The molecule has 0 aliphatic rings. The zero-order chi connectivity index (χ0) is 15.6. The molecule has 110 valence electrons. The topological polar surface area (TPSA) is 35.5 Å². The van der Waals surface area contributed by atoms with E-state index in [1.165, 1.54) is 7.11 Å². The lowest BCUT2D eigenvalue weighted by atomic mass is 9.99. The molecule has 0 aliphatic heterocycles. The van der Waals surface area contributed by atoms with E-state index in [0.717, 1.165) is 5.56 Å². The van der Waals surface area contributed by atoms with Crippen LogP contribution >= 0.6 is 27.5 Å². The van der Waals surface area contributed by atoms with Crippen LogP contribution in [0, 0.1) is 6.92 Å². The first-order valence-electron chi connectivity index (χ1n) is 6.20. The Morgan fingerprint density at radius 2 is 1.67 bits per heavy atom. The fourth-order valence-electron chi connectivity index (χ4n) is 2.06. The third kappa shape index (κ3) is 3.22. The average Bonchev–Trinajstić information content (AvgIpc) is 2.46. The number of ketones is 1. The molecule has 0 amide bonds. The molecule has 2 aromatic rings. The summed E-state index contributed by atoms with van der Waals surface area (Å²) in [5.41, 5.74) is 1.94. The van der Waals surface area contributed by atoms with Crippen LogP contribution in [0.1, 0.15) is 21.5 Å². The van der Waals surface area contributed by atoms with Gasteiger partial charge in [0.25, 0.3) is 0 Å². The number of methoxy groups -OCH3 is 2. The lowest BCUT2D eigenvalue weighted by Gasteiger charge is -2.12. The molecule has 0 fully saturated rings. The van der Waals surface area contributed by atoms with Crippen molar-refractivity contribution in [1.82, 2.24) is 0 Å². The van der Waals surface area contributed by atoms with Gasteiger partial charge in [-0.05, 0) is 58.7 Å². The Hall–Kier alpha value is -1.52. The van der Waals surface area contributed by atoms with E-state index < -0.39 is 0 Å². The maximum Gasteiger partial charge on any atom is 0.194 e. The van der Waals surface area contributed by atoms with Crippen molar-refractivity contribution < 1.29 is 14.3 Å². The van der Waals surface area contributed by atoms with Crippen LogP contribution in [0.4, 0.5) is 0 Å². The quantitative estimate of drug-likeness (QED) is 0.735. The normalized spacial score (nSPS) is 10.3. The van der Waals surface area contributed by atoms with Gasteiger partial charge >= 0.3 is 0 Å². The van der Waals surface area contributed by atoms with Crippen LogP contribution in [0.2, 0.25) is 5.02 Å². The van der Waals surface area contributed by atoms with Crippen LogP contribution < -0.4 is 9.47 Å². The zero-order valence-corrected chi connectivity index (χ0v) is 14.2. The van der Waals surface area contributed by atoms with Gasteiger partial charge in [0.1, 0.15) is 0 Å². The van der Waals surface area contributed by atoms with Crippen LogP contribution in [0.3, 0.4) is 0 Å². The number of carbonyl (C=O) groups excluding carboxylic acids is 1. The highest BCUT2D eigenvalue weighted by Gasteiger charge is 2.18. The molecule has 0 spiro atoms. The van der Waals surface area contributed by atoms with Gasteiger partial charge in [-0.3, -0.25) is 4.79 Å². The number of ether oxygens (including phenoxy) is 2. The molecule has 0 atom stereocenters. The molecule has 2 rings (SSSR count). The summed E-state index contributed by atoms with van der Waals surface area (Å²) in [6.45, 7) is 1.85. The van der Waals surface area contributed by atoms with Crippen molar-refractivity contribution in [2.24, 2.45) is 0 Å².